The molecule has 1 saturated carbocycles. The third-order valence-corrected chi connectivity index (χ3v) is 3.93. The van der Waals surface area contributed by atoms with Crippen molar-refractivity contribution in [2.75, 3.05) is 0 Å². The van der Waals surface area contributed by atoms with Gasteiger partial charge in [0.15, 0.2) is 5.66 Å². The summed E-state index contributed by atoms with van der Waals surface area (Å²) in [5.74, 6) is 0. The van der Waals surface area contributed by atoms with E-state index in [2.05, 4.69) is 0 Å². The van der Waals surface area contributed by atoms with Gasteiger partial charge in [0, 0.05) is 0 Å². The molecule has 0 aromatic carbocycles. The quantitative estimate of drug-likeness (QED) is 0.635. The summed E-state index contributed by atoms with van der Waals surface area (Å²) in [5.41, 5.74) is 0.344. The molecule has 0 amide bonds. The highest BCUT2D eigenvalue weighted by Gasteiger charge is 2.34. The molecule has 0 spiro atoms. The monoisotopic (exact) mass is 189 g/mol. The average Bonchev–Trinajstić information content (AvgIpc) is 2.05. The second kappa shape index (κ2) is 4.94. The van der Waals surface area contributed by atoms with E-state index in [1.807, 2.05) is 13.8 Å². The zero-order valence-electron chi connectivity index (χ0n) is 7.95. The van der Waals surface area contributed by atoms with Gasteiger partial charge in [0.05, 0.1) is 0 Å². The second-order valence-corrected chi connectivity index (χ2v) is 5.24. The van der Waals surface area contributed by atoms with Crippen LogP contribution in [0.25, 0.3) is 0 Å². The molecule has 12 heavy (non-hydrogen) atoms. The van der Waals surface area contributed by atoms with Gasteiger partial charge in [0.2, 0.25) is 0 Å². The highest BCUT2D eigenvalue weighted by atomic mass is 31.1. The van der Waals surface area contributed by atoms with Gasteiger partial charge in [-0.05, 0) is 44.1 Å². The van der Waals surface area contributed by atoms with E-state index in [0.29, 0.717) is 5.66 Å². The molecule has 3 heteroatoms. The van der Waals surface area contributed by atoms with Crippen LogP contribution in [0.3, 0.4) is 0 Å². The van der Waals surface area contributed by atoms with E-state index in [-0.39, 0.29) is 6.10 Å². The minimum absolute atomic E-state index is 0.107. The lowest BCUT2D eigenvalue weighted by molar-refractivity contribution is 0.247. The van der Waals surface area contributed by atoms with Crippen molar-refractivity contribution in [3.63, 3.8) is 0 Å². The molecule has 0 radical (unpaired) electrons. The largest absolute Gasteiger partial charge is 0.511 e. The van der Waals surface area contributed by atoms with Gasteiger partial charge in [0.1, 0.15) is 6.10 Å². The highest BCUT2D eigenvalue weighted by Crippen LogP contribution is 2.39. The van der Waals surface area contributed by atoms with Crippen molar-refractivity contribution in [1.82, 2.24) is 0 Å². The van der Waals surface area contributed by atoms with E-state index in [1.54, 1.807) is 0 Å². The maximum absolute atomic E-state index is 11.5. The van der Waals surface area contributed by atoms with Gasteiger partial charge in [-0.3, -0.25) is 0 Å². The van der Waals surface area contributed by atoms with Crippen molar-refractivity contribution < 1.29 is 9.09 Å². The first-order valence-corrected chi connectivity index (χ1v) is 6.08. The summed E-state index contributed by atoms with van der Waals surface area (Å²) in [6.45, 7) is 3.88. The molecule has 0 bridgehead atoms. The molecule has 1 fully saturated rings. The van der Waals surface area contributed by atoms with E-state index in [9.17, 15) is 4.57 Å². The van der Waals surface area contributed by atoms with Gasteiger partial charge < -0.3 is 0 Å². The minimum Gasteiger partial charge on any atom is -0.143 e. The van der Waals surface area contributed by atoms with Gasteiger partial charge >= 0.3 is 8.03 Å². The first kappa shape index (κ1) is 10.1. The van der Waals surface area contributed by atoms with Gasteiger partial charge in [-0.25, -0.2) is 0 Å². The van der Waals surface area contributed by atoms with Crippen LogP contribution >= 0.6 is 8.03 Å². The van der Waals surface area contributed by atoms with Crippen LogP contribution in [0, 0.1) is 0 Å². The Labute approximate surface area is 75.6 Å². The van der Waals surface area contributed by atoms with Crippen LogP contribution in [0.2, 0.25) is 0 Å². The van der Waals surface area contributed by atoms with Crippen LogP contribution in [0.1, 0.15) is 46.0 Å². The molecule has 2 nitrogen and oxygen atoms in total. The fourth-order valence-electron chi connectivity index (χ4n) is 1.59. The van der Waals surface area contributed by atoms with Gasteiger partial charge in [-0.15, -0.1) is 4.52 Å². The number of rotatable bonds is 3. The molecule has 70 valence electrons. The molecule has 0 saturated heterocycles. The molecule has 1 unspecified atom stereocenters. The average molecular weight is 189 g/mol. The highest BCUT2D eigenvalue weighted by molar-refractivity contribution is 7.40. The van der Waals surface area contributed by atoms with Crippen LogP contribution in [-0.4, -0.2) is 11.8 Å². The zero-order valence-corrected chi connectivity index (χ0v) is 8.85. The van der Waals surface area contributed by atoms with E-state index in [1.165, 1.54) is 19.3 Å². The smallest absolute Gasteiger partial charge is 0.143 e. The zero-order chi connectivity index (χ0) is 8.97. The third-order valence-electron chi connectivity index (χ3n) is 2.19. The SMILES string of the molecule is CC(C)O[P+](=O)C1CCCCC1. The fourth-order valence-corrected chi connectivity index (χ4v) is 2.96. The van der Waals surface area contributed by atoms with E-state index < -0.39 is 8.03 Å². The second-order valence-electron chi connectivity index (χ2n) is 3.73. The molecule has 1 rings (SSSR count). The molecule has 1 aliphatic rings. The lowest BCUT2D eigenvalue weighted by Crippen LogP contribution is -2.10. The summed E-state index contributed by atoms with van der Waals surface area (Å²) < 4.78 is 16.8. The van der Waals surface area contributed by atoms with Crippen molar-refractivity contribution in [3.05, 3.63) is 0 Å². The van der Waals surface area contributed by atoms with Crippen molar-refractivity contribution >= 4 is 8.03 Å². The lowest BCUT2D eigenvalue weighted by atomic mass is 10.0. The molecule has 0 heterocycles. The maximum atomic E-state index is 11.5. The fraction of sp³-hybridized carbons (Fsp3) is 1.00. The molecule has 0 aromatic rings. The minimum atomic E-state index is -1.39. The van der Waals surface area contributed by atoms with E-state index in [4.69, 9.17) is 4.52 Å². The van der Waals surface area contributed by atoms with Crippen LogP contribution in [0.5, 0.6) is 0 Å². The summed E-state index contributed by atoms with van der Waals surface area (Å²) in [6, 6.07) is 0. The Kier molecular flexibility index (Phi) is 4.17. The van der Waals surface area contributed by atoms with Crippen molar-refractivity contribution in [2.45, 2.75) is 57.7 Å². The molecular weight excluding hydrogens is 171 g/mol. The van der Waals surface area contributed by atoms with Crippen molar-refractivity contribution in [1.29, 1.82) is 0 Å². The van der Waals surface area contributed by atoms with Crippen LogP contribution in [0.4, 0.5) is 0 Å². The summed E-state index contributed by atoms with van der Waals surface area (Å²) in [5, 5.41) is 0. The summed E-state index contributed by atoms with van der Waals surface area (Å²) in [4.78, 5) is 0. The Morgan fingerprint density at radius 3 is 2.33 bits per heavy atom. The Hall–Kier alpha value is 0.0600. The van der Waals surface area contributed by atoms with Gasteiger partial charge in [-0.2, -0.15) is 0 Å². The lowest BCUT2D eigenvalue weighted by Gasteiger charge is -2.12. The predicted molar refractivity (Wildman–Crippen MR) is 50.7 cm³/mol. The van der Waals surface area contributed by atoms with E-state index >= 15 is 0 Å². The Morgan fingerprint density at radius 2 is 1.83 bits per heavy atom. The first-order chi connectivity index (χ1) is 5.70. The van der Waals surface area contributed by atoms with Crippen LogP contribution < -0.4 is 0 Å². The Morgan fingerprint density at radius 1 is 1.25 bits per heavy atom. The van der Waals surface area contributed by atoms with Crippen molar-refractivity contribution in [2.24, 2.45) is 0 Å². The topological polar surface area (TPSA) is 26.3 Å². The molecule has 0 N–H and O–H groups in total. The number of hydrogen-bond acceptors (Lipinski definition) is 2. The molecule has 1 atom stereocenters. The van der Waals surface area contributed by atoms with E-state index in [0.717, 1.165) is 12.8 Å². The summed E-state index contributed by atoms with van der Waals surface area (Å²) in [6.07, 6.45) is 6.07. The van der Waals surface area contributed by atoms with Crippen LogP contribution in [-0.2, 0) is 9.09 Å². The van der Waals surface area contributed by atoms with Gasteiger partial charge in [-0.1, -0.05) is 6.42 Å². The summed E-state index contributed by atoms with van der Waals surface area (Å²) >= 11 is 0. The van der Waals surface area contributed by atoms with Gasteiger partial charge in [0.25, 0.3) is 0 Å². The number of hydrogen-bond donors (Lipinski definition) is 0. The Bertz CT molecular complexity index is 151. The molecule has 0 aromatic heterocycles. The Balaban J connectivity index is 2.30. The molecular formula is C9H18O2P+. The van der Waals surface area contributed by atoms with Crippen molar-refractivity contribution in [3.8, 4) is 0 Å². The normalized spacial score (nSPS) is 21.4. The first-order valence-electron chi connectivity index (χ1n) is 4.83. The summed E-state index contributed by atoms with van der Waals surface area (Å²) in [7, 11) is -1.39. The van der Waals surface area contributed by atoms with Crippen LogP contribution in [0.15, 0.2) is 0 Å². The molecule has 0 aliphatic heterocycles. The third kappa shape index (κ3) is 3.20. The molecule has 1 aliphatic carbocycles. The maximum Gasteiger partial charge on any atom is 0.511 e. The predicted octanol–water partition coefficient (Wildman–Crippen LogP) is 3.49. The standard InChI is InChI=1S/C9H18O2P/c1-8(2)11-12(10)9-6-4-3-5-7-9/h8-9H,3-7H2,1-2H3/q+1.